The third-order valence-electron chi connectivity index (χ3n) is 9.85. The van der Waals surface area contributed by atoms with E-state index in [4.69, 9.17) is 14.4 Å². The fourth-order valence-corrected chi connectivity index (χ4v) is 7.35. The SMILES string of the molecule is C=C/C(=N\C(=N/C(=C)c1ccccc1)c1ccccc1)c1cc(-c2ccccc2-c2cc3ccccc3c3ccccc23)cc2oc3ccccc3c12. The molecular weight excluding hydrogens is 645 g/mol. The van der Waals surface area contributed by atoms with Crippen molar-refractivity contribution >= 4 is 60.7 Å². The van der Waals surface area contributed by atoms with Crippen LogP contribution in [0.25, 0.3) is 71.4 Å². The van der Waals surface area contributed by atoms with Gasteiger partial charge >= 0.3 is 0 Å². The first-order valence-corrected chi connectivity index (χ1v) is 17.7. The van der Waals surface area contributed by atoms with Gasteiger partial charge in [0.1, 0.15) is 11.2 Å². The van der Waals surface area contributed by atoms with E-state index in [9.17, 15) is 0 Å². The molecule has 0 aliphatic rings. The van der Waals surface area contributed by atoms with E-state index < -0.39 is 0 Å². The minimum atomic E-state index is 0.545. The fraction of sp³-hybridized carbons (Fsp3) is 0. The molecule has 0 aliphatic heterocycles. The number of hydrogen-bond donors (Lipinski definition) is 0. The summed E-state index contributed by atoms with van der Waals surface area (Å²) < 4.78 is 6.60. The molecule has 0 aliphatic carbocycles. The molecule has 9 rings (SSSR count). The van der Waals surface area contributed by atoms with Crippen molar-refractivity contribution in [1.82, 2.24) is 0 Å². The molecule has 0 spiro atoms. The Balaban J connectivity index is 1.29. The van der Waals surface area contributed by atoms with E-state index in [1.807, 2.05) is 84.9 Å². The van der Waals surface area contributed by atoms with Crippen LogP contribution in [-0.2, 0) is 0 Å². The molecule has 0 amide bonds. The number of furan rings is 1. The van der Waals surface area contributed by atoms with Gasteiger partial charge < -0.3 is 4.42 Å². The van der Waals surface area contributed by atoms with E-state index in [2.05, 4.69) is 110 Å². The van der Waals surface area contributed by atoms with Crippen LogP contribution in [-0.4, -0.2) is 11.5 Å². The van der Waals surface area contributed by atoms with Gasteiger partial charge in [-0.05, 0) is 79.7 Å². The summed E-state index contributed by atoms with van der Waals surface area (Å²) in [6.07, 6.45) is 1.81. The van der Waals surface area contributed by atoms with Crippen molar-refractivity contribution in [3.63, 3.8) is 0 Å². The molecule has 3 nitrogen and oxygen atoms in total. The van der Waals surface area contributed by atoms with Crippen LogP contribution in [0, 0.1) is 0 Å². The number of nitrogens with zero attached hydrogens (tertiary/aromatic N) is 2. The number of rotatable bonds is 7. The van der Waals surface area contributed by atoms with Crippen molar-refractivity contribution in [3.05, 3.63) is 212 Å². The molecule has 0 saturated carbocycles. The standard InChI is InChI=1S/C50H34N2O/c1-3-46(52-50(35-20-8-5-9-21-35)51-33(2)34-18-6-4-7-19-34)45-31-37(32-48-49(45)43-28-16-17-29-47(43)53-48)39-24-12-13-26-41(39)44-30-36-22-10-11-23-38(36)40-25-14-15-27-42(40)44/h3-32H,1-2H2/b51-50-,52-46+. The zero-order chi connectivity index (χ0) is 35.7. The Morgan fingerprint density at radius 3 is 1.85 bits per heavy atom. The van der Waals surface area contributed by atoms with Crippen LogP contribution >= 0.6 is 0 Å². The zero-order valence-corrected chi connectivity index (χ0v) is 29.0. The molecule has 8 aromatic carbocycles. The second-order valence-electron chi connectivity index (χ2n) is 13.0. The molecule has 0 N–H and O–H groups in total. The summed E-state index contributed by atoms with van der Waals surface area (Å²) in [4.78, 5) is 10.3. The smallest absolute Gasteiger partial charge is 0.160 e. The maximum atomic E-state index is 6.60. The van der Waals surface area contributed by atoms with Crippen LogP contribution < -0.4 is 0 Å². The predicted octanol–water partition coefficient (Wildman–Crippen LogP) is 13.3. The number of aliphatic imine (C=N–C) groups is 2. The molecule has 250 valence electrons. The minimum absolute atomic E-state index is 0.545. The number of benzene rings is 8. The van der Waals surface area contributed by atoms with Crippen molar-refractivity contribution in [3.8, 4) is 22.3 Å². The molecule has 0 atom stereocenters. The van der Waals surface area contributed by atoms with E-state index in [0.29, 0.717) is 17.2 Å². The lowest BCUT2D eigenvalue weighted by atomic mass is 9.88. The van der Waals surface area contributed by atoms with E-state index in [1.165, 1.54) is 27.1 Å². The Labute approximate surface area is 308 Å². The van der Waals surface area contributed by atoms with Gasteiger partial charge in [0.15, 0.2) is 5.84 Å². The molecule has 1 heterocycles. The quantitative estimate of drug-likeness (QED) is 0.0939. The lowest BCUT2D eigenvalue weighted by molar-refractivity contribution is 0.669. The highest BCUT2D eigenvalue weighted by molar-refractivity contribution is 6.26. The van der Waals surface area contributed by atoms with Gasteiger partial charge in [0.05, 0.1) is 11.4 Å². The van der Waals surface area contributed by atoms with Gasteiger partial charge in [-0.25, -0.2) is 9.98 Å². The monoisotopic (exact) mass is 678 g/mol. The van der Waals surface area contributed by atoms with Gasteiger partial charge in [0.25, 0.3) is 0 Å². The van der Waals surface area contributed by atoms with E-state index >= 15 is 0 Å². The fourth-order valence-electron chi connectivity index (χ4n) is 7.35. The molecule has 0 saturated heterocycles. The second-order valence-corrected chi connectivity index (χ2v) is 13.0. The first-order chi connectivity index (χ1) is 26.2. The normalized spacial score (nSPS) is 12.2. The molecule has 1 aromatic heterocycles. The largest absolute Gasteiger partial charge is 0.456 e. The highest BCUT2D eigenvalue weighted by Gasteiger charge is 2.20. The summed E-state index contributed by atoms with van der Waals surface area (Å²) in [6.45, 7) is 8.60. The summed E-state index contributed by atoms with van der Waals surface area (Å²) in [6, 6.07) is 60.7. The van der Waals surface area contributed by atoms with Crippen molar-refractivity contribution < 1.29 is 4.42 Å². The molecular formula is C50H34N2O. The van der Waals surface area contributed by atoms with Crippen LogP contribution in [0.1, 0.15) is 16.7 Å². The van der Waals surface area contributed by atoms with Crippen LogP contribution in [0.5, 0.6) is 0 Å². The van der Waals surface area contributed by atoms with Gasteiger partial charge in [-0.1, -0.05) is 165 Å². The van der Waals surface area contributed by atoms with Crippen molar-refractivity contribution in [2.45, 2.75) is 0 Å². The third kappa shape index (κ3) is 5.85. The lowest BCUT2D eigenvalue weighted by Gasteiger charge is -2.16. The molecule has 53 heavy (non-hydrogen) atoms. The third-order valence-corrected chi connectivity index (χ3v) is 9.85. The van der Waals surface area contributed by atoms with Crippen LogP contribution in [0.15, 0.2) is 210 Å². The van der Waals surface area contributed by atoms with Crippen molar-refractivity contribution in [2.75, 3.05) is 0 Å². The number of para-hydroxylation sites is 1. The Hall–Kier alpha value is -7.10. The van der Waals surface area contributed by atoms with E-state index in [0.717, 1.165) is 55.3 Å². The van der Waals surface area contributed by atoms with Crippen molar-refractivity contribution in [2.24, 2.45) is 9.98 Å². The number of amidine groups is 1. The first kappa shape index (κ1) is 31.9. The average molecular weight is 679 g/mol. The molecule has 0 bridgehead atoms. The molecule has 9 aromatic rings. The summed E-state index contributed by atoms with van der Waals surface area (Å²) in [5, 5.41) is 6.88. The zero-order valence-electron chi connectivity index (χ0n) is 29.0. The Kier molecular flexibility index (Phi) is 8.15. The lowest BCUT2D eigenvalue weighted by Crippen LogP contribution is -2.06. The maximum Gasteiger partial charge on any atom is 0.160 e. The highest BCUT2D eigenvalue weighted by atomic mass is 16.3. The van der Waals surface area contributed by atoms with Crippen molar-refractivity contribution in [1.29, 1.82) is 0 Å². The highest BCUT2D eigenvalue weighted by Crippen LogP contribution is 2.42. The molecule has 0 fully saturated rings. The Bertz CT molecular complexity index is 2910. The van der Waals surface area contributed by atoms with Gasteiger partial charge in [0.2, 0.25) is 0 Å². The number of allylic oxidation sites excluding steroid dienone is 1. The van der Waals surface area contributed by atoms with Crippen LogP contribution in [0.4, 0.5) is 0 Å². The summed E-state index contributed by atoms with van der Waals surface area (Å²) >= 11 is 0. The second kappa shape index (κ2) is 13.6. The summed E-state index contributed by atoms with van der Waals surface area (Å²) in [5.41, 5.74) is 10.0. The predicted molar refractivity (Wildman–Crippen MR) is 225 cm³/mol. The van der Waals surface area contributed by atoms with Crippen LogP contribution in [0.3, 0.4) is 0 Å². The summed E-state index contributed by atoms with van der Waals surface area (Å²) in [7, 11) is 0. The molecule has 0 radical (unpaired) electrons. The van der Waals surface area contributed by atoms with Gasteiger partial charge in [-0.15, -0.1) is 0 Å². The number of fused-ring (bicyclic) bond motifs is 6. The molecule has 0 unspecified atom stereocenters. The average Bonchev–Trinajstić information content (AvgIpc) is 3.61. The van der Waals surface area contributed by atoms with E-state index in [-0.39, 0.29) is 0 Å². The van der Waals surface area contributed by atoms with E-state index in [1.54, 1.807) is 0 Å². The van der Waals surface area contributed by atoms with Gasteiger partial charge in [0, 0.05) is 21.9 Å². The summed E-state index contributed by atoms with van der Waals surface area (Å²) in [5.74, 6) is 0.545. The van der Waals surface area contributed by atoms with Gasteiger partial charge in [-0.3, -0.25) is 0 Å². The van der Waals surface area contributed by atoms with Crippen LogP contribution in [0.2, 0.25) is 0 Å². The maximum absolute atomic E-state index is 6.60. The Morgan fingerprint density at radius 1 is 0.491 bits per heavy atom. The first-order valence-electron chi connectivity index (χ1n) is 17.7. The van der Waals surface area contributed by atoms with Gasteiger partial charge in [-0.2, -0.15) is 0 Å². The topological polar surface area (TPSA) is 37.9 Å². The number of hydrogen-bond acceptors (Lipinski definition) is 2. The Morgan fingerprint density at radius 2 is 1.09 bits per heavy atom. The molecule has 3 heteroatoms. The minimum Gasteiger partial charge on any atom is -0.456 e.